The van der Waals surface area contributed by atoms with Crippen molar-refractivity contribution in [3.05, 3.63) is 53.3 Å². The van der Waals surface area contributed by atoms with Crippen LogP contribution < -0.4 is 0 Å². The Morgan fingerprint density at radius 1 is 1.33 bits per heavy atom. The van der Waals surface area contributed by atoms with Gasteiger partial charge in [0.25, 0.3) is 0 Å². The Hall–Kier alpha value is -2.10. The van der Waals surface area contributed by atoms with Gasteiger partial charge in [0.05, 0.1) is 12.2 Å². The second kappa shape index (κ2) is 5.04. The monoisotopic (exact) mass is 244 g/mol. The Morgan fingerprint density at radius 3 is 2.50 bits per heavy atom. The van der Waals surface area contributed by atoms with Crippen LogP contribution in [0.1, 0.15) is 41.4 Å². The molecule has 2 aromatic rings. The SMILES string of the molecule is CC(C)c1nn(Cc2ccccc2)cc1C(=O)O. The minimum absolute atomic E-state index is 0.105. The van der Waals surface area contributed by atoms with Crippen LogP contribution in [-0.2, 0) is 6.54 Å². The molecule has 18 heavy (non-hydrogen) atoms. The fourth-order valence-corrected chi connectivity index (χ4v) is 1.88. The van der Waals surface area contributed by atoms with Gasteiger partial charge in [-0.2, -0.15) is 5.10 Å². The number of carboxylic acids is 1. The van der Waals surface area contributed by atoms with Crippen molar-refractivity contribution >= 4 is 5.97 Å². The third kappa shape index (κ3) is 2.59. The molecule has 0 bridgehead atoms. The van der Waals surface area contributed by atoms with Gasteiger partial charge in [0.15, 0.2) is 0 Å². The highest BCUT2D eigenvalue weighted by Gasteiger charge is 2.17. The Labute approximate surface area is 106 Å². The van der Waals surface area contributed by atoms with Crippen molar-refractivity contribution < 1.29 is 9.90 Å². The molecule has 0 fully saturated rings. The molecule has 94 valence electrons. The molecule has 0 aliphatic rings. The van der Waals surface area contributed by atoms with Crippen molar-refractivity contribution in [2.45, 2.75) is 26.3 Å². The molecule has 0 amide bonds. The average molecular weight is 244 g/mol. The van der Waals surface area contributed by atoms with Gasteiger partial charge in [0.2, 0.25) is 0 Å². The summed E-state index contributed by atoms with van der Waals surface area (Å²) in [7, 11) is 0. The van der Waals surface area contributed by atoms with Crippen LogP contribution in [0.3, 0.4) is 0 Å². The Balaban J connectivity index is 2.30. The van der Waals surface area contributed by atoms with Crippen molar-refractivity contribution in [2.75, 3.05) is 0 Å². The first-order chi connectivity index (χ1) is 8.58. The molecular weight excluding hydrogens is 228 g/mol. The highest BCUT2D eigenvalue weighted by atomic mass is 16.4. The molecule has 0 saturated heterocycles. The van der Waals surface area contributed by atoms with Gasteiger partial charge in [-0.3, -0.25) is 4.68 Å². The minimum Gasteiger partial charge on any atom is -0.478 e. The first-order valence-corrected chi connectivity index (χ1v) is 5.92. The van der Waals surface area contributed by atoms with Gasteiger partial charge in [-0.25, -0.2) is 4.79 Å². The molecule has 0 radical (unpaired) electrons. The van der Waals surface area contributed by atoms with E-state index in [9.17, 15) is 4.79 Å². The lowest BCUT2D eigenvalue weighted by molar-refractivity contribution is 0.0695. The maximum absolute atomic E-state index is 11.1. The van der Waals surface area contributed by atoms with E-state index in [2.05, 4.69) is 5.10 Å². The lowest BCUT2D eigenvalue weighted by Gasteiger charge is -2.02. The first-order valence-electron chi connectivity index (χ1n) is 5.92. The molecule has 1 aromatic carbocycles. The normalized spacial score (nSPS) is 10.8. The average Bonchev–Trinajstić information content (AvgIpc) is 2.74. The quantitative estimate of drug-likeness (QED) is 0.899. The summed E-state index contributed by atoms with van der Waals surface area (Å²) in [5.74, 6) is -0.814. The van der Waals surface area contributed by atoms with Crippen LogP contribution in [0.4, 0.5) is 0 Å². The fraction of sp³-hybridized carbons (Fsp3) is 0.286. The van der Waals surface area contributed by atoms with Crippen molar-refractivity contribution in [1.82, 2.24) is 9.78 Å². The van der Waals surface area contributed by atoms with Crippen LogP contribution in [0.5, 0.6) is 0 Å². The van der Waals surface area contributed by atoms with Crippen LogP contribution in [0.15, 0.2) is 36.5 Å². The summed E-state index contributed by atoms with van der Waals surface area (Å²) in [6.45, 7) is 4.48. The summed E-state index contributed by atoms with van der Waals surface area (Å²) in [5, 5.41) is 13.5. The summed E-state index contributed by atoms with van der Waals surface area (Å²) in [6.07, 6.45) is 1.60. The third-order valence-corrected chi connectivity index (χ3v) is 2.75. The Morgan fingerprint density at radius 2 is 2.00 bits per heavy atom. The molecule has 4 heteroatoms. The van der Waals surface area contributed by atoms with E-state index in [1.54, 1.807) is 10.9 Å². The van der Waals surface area contributed by atoms with Crippen molar-refractivity contribution in [3.63, 3.8) is 0 Å². The van der Waals surface area contributed by atoms with Gasteiger partial charge in [0.1, 0.15) is 5.56 Å². The number of rotatable bonds is 4. The number of aromatic carboxylic acids is 1. The molecule has 0 aliphatic carbocycles. The van der Waals surface area contributed by atoms with E-state index in [1.807, 2.05) is 44.2 Å². The maximum Gasteiger partial charge on any atom is 0.339 e. The highest BCUT2D eigenvalue weighted by molar-refractivity contribution is 5.88. The predicted octanol–water partition coefficient (Wildman–Crippen LogP) is 2.75. The van der Waals surface area contributed by atoms with E-state index in [4.69, 9.17) is 5.11 Å². The van der Waals surface area contributed by atoms with Crippen molar-refractivity contribution in [1.29, 1.82) is 0 Å². The molecule has 0 spiro atoms. The molecule has 0 atom stereocenters. The van der Waals surface area contributed by atoms with Gasteiger partial charge in [-0.05, 0) is 11.5 Å². The summed E-state index contributed by atoms with van der Waals surface area (Å²) < 4.78 is 1.69. The smallest absolute Gasteiger partial charge is 0.339 e. The zero-order valence-corrected chi connectivity index (χ0v) is 10.5. The molecule has 0 saturated carbocycles. The third-order valence-electron chi connectivity index (χ3n) is 2.75. The molecule has 2 rings (SSSR count). The molecule has 0 unspecified atom stereocenters. The van der Waals surface area contributed by atoms with Crippen LogP contribution in [0.2, 0.25) is 0 Å². The van der Waals surface area contributed by atoms with E-state index < -0.39 is 5.97 Å². The molecule has 1 heterocycles. The van der Waals surface area contributed by atoms with Crippen LogP contribution in [-0.4, -0.2) is 20.9 Å². The lowest BCUT2D eigenvalue weighted by atomic mass is 10.1. The van der Waals surface area contributed by atoms with E-state index >= 15 is 0 Å². The van der Waals surface area contributed by atoms with E-state index in [0.717, 1.165) is 5.56 Å². The van der Waals surface area contributed by atoms with Crippen LogP contribution in [0, 0.1) is 0 Å². The summed E-state index contributed by atoms with van der Waals surface area (Å²) in [6, 6.07) is 9.86. The van der Waals surface area contributed by atoms with Gasteiger partial charge in [-0.1, -0.05) is 44.2 Å². The zero-order valence-electron chi connectivity index (χ0n) is 10.5. The predicted molar refractivity (Wildman–Crippen MR) is 68.8 cm³/mol. The van der Waals surface area contributed by atoms with E-state index in [-0.39, 0.29) is 5.92 Å². The molecule has 1 aromatic heterocycles. The number of carbonyl (C=O) groups is 1. The Bertz CT molecular complexity index is 544. The van der Waals surface area contributed by atoms with Gasteiger partial charge < -0.3 is 5.11 Å². The summed E-state index contributed by atoms with van der Waals surface area (Å²) in [5.41, 5.74) is 2.03. The highest BCUT2D eigenvalue weighted by Crippen LogP contribution is 2.18. The number of carboxylic acid groups (broad SMARTS) is 1. The number of aromatic nitrogens is 2. The minimum atomic E-state index is -0.919. The van der Waals surface area contributed by atoms with Gasteiger partial charge in [0, 0.05) is 6.20 Å². The molecule has 0 aliphatic heterocycles. The second-order valence-corrected chi connectivity index (χ2v) is 4.57. The van der Waals surface area contributed by atoms with Crippen LogP contribution >= 0.6 is 0 Å². The first kappa shape index (κ1) is 12.4. The summed E-state index contributed by atoms with van der Waals surface area (Å²) in [4.78, 5) is 11.1. The van der Waals surface area contributed by atoms with Crippen molar-refractivity contribution in [2.24, 2.45) is 0 Å². The fourth-order valence-electron chi connectivity index (χ4n) is 1.88. The van der Waals surface area contributed by atoms with E-state index in [1.165, 1.54) is 0 Å². The molecule has 1 N–H and O–H groups in total. The standard InChI is InChI=1S/C14H16N2O2/c1-10(2)13-12(14(17)18)9-16(15-13)8-11-6-4-3-5-7-11/h3-7,9-10H,8H2,1-2H3,(H,17,18). The number of benzene rings is 1. The molecule has 4 nitrogen and oxygen atoms in total. The van der Waals surface area contributed by atoms with Gasteiger partial charge >= 0.3 is 5.97 Å². The molecular formula is C14H16N2O2. The lowest BCUT2D eigenvalue weighted by Crippen LogP contribution is -2.02. The number of hydrogen-bond acceptors (Lipinski definition) is 2. The zero-order chi connectivity index (χ0) is 13.1. The number of hydrogen-bond donors (Lipinski definition) is 1. The topological polar surface area (TPSA) is 55.1 Å². The second-order valence-electron chi connectivity index (χ2n) is 4.57. The van der Waals surface area contributed by atoms with Gasteiger partial charge in [-0.15, -0.1) is 0 Å². The summed E-state index contributed by atoms with van der Waals surface area (Å²) >= 11 is 0. The largest absolute Gasteiger partial charge is 0.478 e. The van der Waals surface area contributed by atoms with Crippen LogP contribution in [0.25, 0.3) is 0 Å². The number of nitrogens with zero attached hydrogens (tertiary/aromatic N) is 2. The Kier molecular flexibility index (Phi) is 3.46. The maximum atomic E-state index is 11.1. The van der Waals surface area contributed by atoms with E-state index in [0.29, 0.717) is 17.8 Å². The van der Waals surface area contributed by atoms with Crippen molar-refractivity contribution in [3.8, 4) is 0 Å².